The van der Waals surface area contributed by atoms with Crippen molar-refractivity contribution in [1.82, 2.24) is 5.32 Å². The lowest BCUT2D eigenvalue weighted by Gasteiger charge is -2.13. The molecule has 0 aliphatic rings. The summed E-state index contributed by atoms with van der Waals surface area (Å²) in [5.74, 6) is 0.897. The van der Waals surface area contributed by atoms with E-state index in [2.05, 4.69) is 47.2 Å². The summed E-state index contributed by atoms with van der Waals surface area (Å²) >= 11 is 3.55. The first-order chi connectivity index (χ1) is 9.49. The number of halogens is 1. The van der Waals surface area contributed by atoms with E-state index in [0.29, 0.717) is 6.10 Å². The second-order valence-corrected chi connectivity index (χ2v) is 6.24. The van der Waals surface area contributed by atoms with Gasteiger partial charge in [-0.1, -0.05) is 6.07 Å². The van der Waals surface area contributed by atoms with Crippen LogP contribution in [0.25, 0.3) is 0 Å². The van der Waals surface area contributed by atoms with Crippen LogP contribution in [0.15, 0.2) is 22.7 Å². The SMILES string of the molecule is CC(C)OCCCNCc1ccc(OC(C)C)c(Br)c1. The zero-order valence-electron chi connectivity index (χ0n) is 12.9. The second-order valence-electron chi connectivity index (χ2n) is 5.38. The van der Waals surface area contributed by atoms with Gasteiger partial charge in [0, 0.05) is 13.2 Å². The Morgan fingerprint density at radius 1 is 1.15 bits per heavy atom. The molecule has 0 aromatic heterocycles. The molecule has 20 heavy (non-hydrogen) atoms. The topological polar surface area (TPSA) is 30.5 Å². The fraction of sp³-hybridized carbons (Fsp3) is 0.625. The van der Waals surface area contributed by atoms with Gasteiger partial charge in [-0.3, -0.25) is 0 Å². The average molecular weight is 344 g/mol. The average Bonchev–Trinajstić information content (AvgIpc) is 2.36. The van der Waals surface area contributed by atoms with E-state index in [4.69, 9.17) is 9.47 Å². The molecule has 0 spiro atoms. The van der Waals surface area contributed by atoms with E-state index in [1.165, 1.54) is 5.56 Å². The van der Waals surface area contributed by atoms with Crippen molar-refractivity contribution < 1.29 is 9.47 Å². The summed E-state index contributed by atoms with van der Waals surface area (Å²) in [5.41, 5.74) is 1.25. The summed E-state index contributed by atoms with van der Waals surface area (Å²) in [5, 5.41) is 3.42. The highest BCUT2D eigenvalue weighted by Gasteiger charge is 2.04. The molecule has 0 unspecified atom stereocenters. The van der Waals surface area contributed by atoms with Crippen LogP contribution in [0.4, 0.5) is 0 Å². The fourth-order valence-corrected chi connectivity index (χ4v) is 2.27. The monoisotopic (exact) mass is 343 g/mol. The Morgan fingerprint density at radius 3 is 2.50 bits per heavy atom. The Labute approximate surface area is 131 Å². The Morgan fingerprint density at radius 2 is 1.90 bits per heavy atom. The predicted molar refractivity (Wildman–Crippen MR) is 87.3 cm³/mol. The lowest BCUT2D eigenvalue weighted by Crippen LogP contribution is -2.17. The van der Waals surface area contributed by atoms with Gasteiger partial charge in [0.15, 0.2) is 0 Å². The number of rotatable bonds is 9. The molecule has 0 saturated carbocycles. The number of nitrogens with one attached hydrogen (secondary N) is 1. The minimum Gasteiger partial charge on any atom is -0.490 e. The van der Waals surface area contributed by atoms with Crippen molar-refractivity contribution in [3.8, 4) is 5.75 Å². The largest absolute Gasteiger partial charge is 0.490 e. The lowest BCUT2D eigenvalue weighted by molar-refractivity contribution is 0.0770. The highest BCUT2D eigenvalue weighted by molar-refractivity contribution is 9.10. The molecule has 0 fully saturated rings. The molecule has 0 aliphatic heterocycles. The molecular weight excluding hydrogens is 318 g/mol. The van der Waals surface area contributed by atoms with E-state index >= 15 is 0 Å². The summed E-state index contributed by atoms with van der Waals surface area (Å²) in [6.45, 7) is 10.8. The first kappa shape index (κ1) is 17.5. The van der Waals surface area contributed by atoms with Crippen molar-refractivity contribution >= 4 is 15.9 Å². The molecule has 0 atom stereocenters. The van der Waals surface area contributed by atoms with Gasteiger partial charge in [-0.15, -0.1) is 0 Å². The molecule has 4 heteroatoms. The maximum Gasteiger partial charge on any atom is 0.133 e. The van der Waals surface area contributed by atoms with E-state index in [1.54, 1.807) is 0 Å². The van der Waals surface area contributed by atoms with E-state index in [9.17, 15) is 0 Å². The molecule has 1 rings (SSSR count). The Balaban J connectivity index is 2.29. The smallest absolute Gasteiger partial charge is 0.133 e. The van der Waals surface area contributed by atoms with E-state index in [0.717, 1.165) is 36.3 Å². The normalized spacial score (nSPS) is 11.3. The molecule has 1 N–H and O–H groups in total. The lowest BCUT2D eigenvalue weighted by atomic mass is 10.2. The van der Waals surface area contributed by atoms with Crippen LogP contribution in [0.3, 0.4) is 0 Å². The van der Waals surface area contributed by atoms with Gasteiger partial charge >= 0.3 is 0 Å². The van der Waals surface area contributed by atoms with Crippen molar-refractivity contribution in [2.75, 3.05) is 13.2 Å². The van der Waals surface area contributed by atoms with Crippen LogP contribution < -0.4 is 10.1 Å². The van der Waals surface area contributed by atoms with Gasteiger partial charge in [0.05, 0.1) is 16.7 Å². The van der Waals surface area contributed by atoms with Gasteiger partial charge in [-0.05, 0) is 74.3 Å². The predicted octanol–water partition coefficient (Wildman–Crippen LogP) is 4.14. The van der Waals surface area contributed by atoms with Gasteiger partial charge in [0.25, 0.3) is 0 Å². The maximum absolute atomic E-state index is 5.70. The zero-order valence-corrected chi connectivity index (χ0v) is 14.5. The summed E-state index contributed by atoms with van der Waals surface area (Å²) in [6, 6.07) is 6.22. The summed E-state index contributed by atoms with van der Waals surface area (Å²) in [6.07, 6.45) is 1.55. The Hall–Kier alpha value is -0.580. The van der Waals surface area contributed by atoms with Crippen LogP contribution in [0, 0.1) is 0 Å². The van der Waals surface area contributed by atoms with Crippen LogP contribution in [0.1, 0.15) is 39.7 Å². The van der Waals surface area contributed by atoms with Crippen molar-refractivity contribution in [2.45, 2.75) is 52.9 Å². The summed E-state index contributed by atoms with van der Waals surface area (Å²) in [4.78, 5) is 0. The molecule has 3 nitrogen and oxygen atoms in total. The summed E-state index contributed by atoms with van der Waals surface area (Å²) < 4.78 is 12.2. The van der Waals surface area contributed by atoms with E-state index in [-0.39, 0.29) is 6.10 Å². The van der Waals surface area contributed by atoms with Gasteiger partial charge < -0.3 is 14.8 Å². The highest BCUT2D eigenvalue weighted by atomic mass is 79.9. The number of ether oxygens (including phenoxy) is 2. The van der Waals surface area contributed by atoms with Crippen LogP contribution in [-0.4, -0.2) is 25.4 Å². The standard InChI is InChI=1S/C16H26BrNO2/c1-12(2)19-9-5-8-18-11-14-6-7-16(15(17)10-14)20-13(3)4/h6-7,10,12-13,18H,5,8-9,11H2,1-4H3. The van der Waals surface area contributed by atoms with Crippen molar-refractivity contribution in [3.05, 3.63) is 28.2 Å². The number of benzene rings is 1. The molecule has 1 aromatic rings. The van der Waals surface area contributed by atoms with Crippen LogP contribution in [0.2, 0.25) is 0 Å². The highest BCUT2D eigenvalue weighted by Crippen LogP contribution is 2.26. The van der Waals surface area contributed by atoms with Crippen molar-refractivity contribution in [1.29, 1.82) is 0 Å². The molecule has 0 amide bonds. The molecule has 1 aromatic carbocycles. The third-order valence-electron chi connectivity index (χ3n) is 2.64. The van der Waals surface area contributed by atoms with Crippen LogP contribution >= 0.6 is 15.9 Å². The molecule has 0 heterocycles. The molecular formula is C16H26BrNO2. The number of hydrogen-bond acceptors (Lipinski definition) is 3. The van der Waals surface area contributed by atoms with E-state index in [1.807, 2.05) is 19.9 Å². The first-order valence-corrected chi connectivity index (χ1v) is 8.05. The molecule has 0 aliphatic carbocycles. The fourth-order valence-electron chi connectivity index (χ4n) is 1.75. The Bertz CT molecular complexity index is 394. The van der Waals surface area contributed by atoms with Gasteiger partial charge in [-0.2, -0.15) is 0 Å². The maximum atomic E-state index is 5.70. The van der Waals surface area contributed by atoms with Gasteiger partial charge in [0.2, 0.25) is 0 Å². The third kappa shape index (κ3) is 7.27. The molecule has 0 bridgehead atoms. The van der Waals surface area contributed by atoms with E-state index < -0.39 is 0 Å². The zero-order chi connectivity index (χ0) is 15.0. The van der Waals surface area contributed by atoms with Crippen LogP contribution in [0.5, 0.6) is 5.75 Å². The van der Waals surface area contributed by atoms with Gasteiger partial charge in [0.1, 0.15) is 5.75 Å². The third-order valence-corrected chi connectivity index (χ3v) is 3.26. The molecule has 0 saturated heterocycles. The van der Waals surface area contributed by atoms with Gasteiger partial charge in [-0.25, -0.2) is 0 Å². The van der Waals surface area contributed by atoms with Crippen molar-refractivity contribution in [2.24, 2.45) is 0 Å². The Kier molecular flexibility index (Phi) is 8.19. The summed E-state index contributed by atoms with van der Waals surface area (Å²) in [7, 11) is 0. The molecule has 114 valence electrons. The van der Waals surface area contributed by atoms with Crippen LogP contribution in [-0.2, 0) is 11.3 Å². The second kappa shape index (κ2) is 9.37. The minimum atomic E-state index is 0.191. The quantitative estimate of drug-likeness (QED) is 0.683. The number of hydrogen-bond donors (Lipinski definition) is 1. The first-order valence-electron chi connectivity index (χ1n) is 7.26. The minimum absolute atomic E-state index is 0.191. The van der Waals surface area contributed by atoms with Crippen molar-refractivity contribution in [3.63, 3.8) is 0 Å². The molecule has 0 radical (unpaired) electrons.